The number of anilines is 2. The van der Waals surface area contributed by atoms with Crippen LogP contribution in [0, 0.1) is 0 Å². The third-order valence-corrected chi connectivity index (χ3v) is 5.18. The van der Waals surface area contributed by atoms with Crippen LogP contribution in [0.3, 0.4) is 0 Å². The van der Waals surface area contributed by atoms with Crippen LogP contribution in [0.5, 0.6) is 5.75 Å². The van der Waals surface area contributed by atoms with E-state index in [4.69, 9.17) is 4.74 Å². The Balaban J connectivity index is 1.43. The summed E-state index contributed by atoms with van der Waals surface area (Å²) in [4.78, 5) is 25.7. The van der Waals surface area contributed by atoms with Crippen molar-refractivity contribution in [2.45, 2.75) is 18.5 Å². The minimum Gasteiger partial charge on any atom is -0.497 e. The maximum absolute atomic E-state index is 12.8. The first-order chi connectivity index (χ1) is 15.1. The van der Waals surface area contributed by atoms with E-state index in [1.807, 2.05) is 30.3 Å². The summed E-state index contributed by atoms with van der Waals surface area (Å²) in [5.41, 5.74) is 8.78. The molecule has 2 atom stereocenters. The number of hydrogen-bond donors (Lipinski definition) is 4. The van der Waals surface area contributed by atoms with Crippen molar-refractivity contribution in [3.05, 3.63) is 90.0 Å². The van der Waals surface area contributed by atoms with Gasteiger partial charge in [-0.25, -0.2) is 10.9 Å². The number of hydrogen-bond acceptors (Lipinski definition) is 5. The SMILES string of the molecule is COc1cccc(NC(=O)c2ccccc2NC(=O)C2CC(c3ccccc3)NN2)c1. The molecule has 1 fully saturated rings. The van der Waals surface area contributed by atoms with Gasteiger partial charge in [-0.3, -0.25) is 9.59 Å². The summed E-state index contributed by atoms with van der Waals surface area (Å²) in [5.74, 6) is 0.128. The summed E-state index contributed by atoms with van der Waals surface area (Å²) >= 11 is 0. The van der Waals surface area contributed by atoms with Gasteiger partial charge in [0.2, 0.25) is 5.91 Å². The molecular weight excluding hydrogens is 392 g/mol. The highest BCUT2D eigenvalue weighted by Gasteiger charge is 2.30. The predicted molar refractivity (Wildman–Crippen MR) is 120 cm³/mol. The van der Waals surface area contributed by atoms with Crippen molar-refractivity contribution in [2.24, 2.45) is 0 Å². The fourth-order valence-electron chi connectivity index (χ4n) is 3.54. The number of rotatable bonds is 6. The van der Waals surface area contributed by atoms with E-state index < -0.39 is 6.04 Å². The van der Waals surface area contributed by atoms with E-state index in [9.17, 15) is 9.59 Å². The van der Waals surface area contributed by atoms with E-state index in [1.54, 1.807) is 55.6 Å². The van der Waals surface area contributed by atoms with Crippen LogP contribution in [0.15, 0.2) is 78.9 Å². The molecule has 1 aliphatic heterocycles. The summed E-state index contributed by atoms with van der Waals surface area (Å²) < 4.78 is 5.19. The molecule has 7 heteroatoms. The van der Waals surface area contributed by atoms with Crippen LogP contribution in [0.25, 0.3) is 0 Å². The average Bonchev–Trinajstić information content (AvgIpc) is 3.31. The number of benzene rings is 3. The van der Waals surface area contributed by atoms with Crippen LogP contribution in [0.4, 0.5) is 11.4 Å². The van der Waals surface area contributed by atoms with Crippen LogP contribution in [-0.2, 0) is 4.79 Å². The minimum atomic E-state index is -0.417. The number of ether oxygens (including phenoxy) is 1. The molecule has 0 aliphatic carbocycles. The number of carbonyl (C=O) groups excluding carboxylic acids is 2. The zero-order chi connectivity index (χ0) is 21.6. The Kier molecular flexibility index (Phi) is 6.26. The number of hydrazine groups is 1. The number of methoxy groups -OCH3 is 1. The monoisotopic (exact) mass is 416 g/mol. The first kappa shape index (κ1) is 20.6. The van der Waals surface area contributed by atoms with Crippen LogP contribution in [0.2, 0.25) is 0 Å². The molecule has 31 heavy (non-hydrogen) atoms. The Morgan fingerprint density at radius 3 is 2.48 bits per heavy atom. The van der Waals surface area contributed by atoms with Gasteiger partial charge in [0, 0.05) is 17.8 Å². The largest absolute Gasteiger partial charge is 0.497 e. The molecule has 4 rings (SSSR count). The molecule has 158 valence electrons. The fraction of sp³-hybridized carbons (Fsp3) is 0.167. The lowest BCUT2D eigenvalue weighted by Gasteiger charge is -2.14. The highest BCUT2D eigenvalue weighted by Crippen LogP contribution is 2.24. The molecule has 3 aromatic rings. The Bertz CT molecular complexity index is 1070. The molecule has 2 amide bonds. The molecule has 0 saturated carbocycles. The van der Waals surface area contributed by atoms with E-state index in [0.29, 0.717) is 29.1 Å². The molecule has 2 unspecified atom stereocenters. The van der Waals surface area contributed by atoms with E-state index in [2.05, 4.69) is 21.5 Å². The van der Waals surface area contributed by atoms with Crippen molar-refractivity contribution < 1.29 is 14.3 Å². The van der Waals surface area contributed by atoms with Crippen molar-refractivity contribution >= 4 is 23.2 Å². The summed E-state index contributed by atoms with van der Waals surface area (Å²) in [6, 6.07) is 23.6. The van der Waals surface area contributed by atoms with E-state index >= 15 is 0 Å². The summed E-state index contributed by atoms with van der Waals surface area (Å²) in [7, 11) is 1.57. The van der Waals surface area contributed by atoms with Gasteiger partial charge < -0.3 is 15.4 Å². The second-order valence-electron chi connectivity index (χ2n) is 7.26. The van der Waals surface area contributed by atoms with Gasteiger partial charge in [-0.05, 0) is 36.2 Å². The average molecular weight is 416 g/mol. The van der Waals surface area contributed by atoms with Crippen LogP contribution in [0.1, 0.15) is 28.4 Å². The normalized spacial score (nSPS) is 17.7. The predicted octanol–water partition coefficient (Wildman–Crippen LogP) is 3.49. The molecule has 1 aliphatic rings. The van der Waals surface area contributed by atoms with E-state index in [0.717, 1.165) is 5.56 Å². The van der Waals surface area contributed by atoms with Crippen molar-refractivity contribution in [3.8, 4) is 5.75 Å². The van der Waals surface area contributed by atoms with Gasteiger partial charge in [-0.15, -0.1) is 0 Å². The number of amides is 2. The third kappa shape index (κ3) is 4.91. The smallest absolute Gasteiger partial charge is 0.257 e. The maximum Gasteiger partial charge on any atom is 0.257 e. The van der Waals surface area contributed by atoms with E-state index in [1.165, 1.54) is 0 Å². The van der Waals surface area contributed by atoms with Crippen molar-refractivity contribution in [1.82, 2.24) is 10.9 Å². The maximum atomic E-state index is 12.8. The Morgan fingerprint density at radius 1 is 0.903 bits per heavy atom. The molecule has 0 spiro atoms. The van der Waals surface area contributed by atoms with Crippen molar-refractivity contribution in [2.75, 3.05) is 17.7 Å². The molecule has 7 nitrogen and oxygen atoms in total. The fourth-order valence-corrected chi connectivity index (χ4v) is 3.54. The first-order valence-electron chi connectivity index (χ1n) is 10.1. The van der Waals surface area contributed by atoms with Gasteiger partial charge in [0.25, 0.3) is 5.91 Å². The quantitative estimate of drug-likeness (QED) is 0.494. The number of carbonyl (C=O) groups is 2. The zero-order valence-corrected chi connectivity index (χ0v) is 17.1. The number of nitrogens with one attached hydrogen (secondary N) is 4. The van der Waals surface area contributed by atoms with Crippen LogP contribution in [-0.4, -0.2) is 25.0 Å². The molecule has 0 radical (unpaired) electrons. The number of para-hydroxylation sites is 1. The van der Waals surface area contributed by atoms with Crippen LogP contribution >= 0.6 is 0 Å². The van der Waals surface area contributed by atoms with Gasteiger partial charge in [-0.2, -0.15) is 0 Å². The van der Waals surface area contributed by atoms with Gasteiger partial charge in [0.1, 0.15) is 11.8 Å². The van der Waals surface area contributed by atoms with Gasteiger partial charge in [-0.1, -0.05) is 48.5 Å². The lowest BCUT2D eigenvalue weighted by Crippen LogP contribution is -2.39. The standard InChI is InChI=1S/C24H24N4O3/c1-31-18-11-7-10-17(14-18)25-23(29)19-12-5-6-13-20(19)26-24(30)22-15-21(27-28-22)16-8-3-2-4-9-16/h2-14,21-22,27-28H,15H2,1H3,(H,25,29)(H,26,30). The highest BCUT2D eigenvalue weighted by molar-refractivity contribution is 6.10. The van der Waals surface area contributed by atoms with Crippen molar-refractivity contribution in [1.29, 1.82) is 0 Å². The molecule has 3 aromatic carbocycles. The molecule has 0 aromatic heterocycles. The molecule has 0 bridgehead atoms. The van der Waals surface area contributed by atoms with Crippen LogP contribution < -0.4 is 26.2 Å². The Morgan fingerprint density at radius 2 is 1.68 bits per heavy atom. The molecule has 1 saturated heterocycles. The van der Waals surface area contributed by atoms with Gasteiger partial charge in [0.15, 0.2) is 0 Å². The van der Waals surface area contributed by atoms with Gasteiger partial charge in [0.05, 0.1) is 18.4 Å². The molecular formula is C24H24N4O3. The topological polar surface area (TPSA) is 91.5 Å². The second kappa shape index (κ2) is 9.42. The molecule has 1 heterocycles. The third-order valence-electron chi connectivity index (χ3n) is 5.18. The van der Waals surface area contributed by atoms with Gasteiger partial charge >= 0.3 is 0 Å². The van der Waals surface area contributed by atoms with E-state index in [-0.39, 0.29) is 17.9 Å². The van der Waals surface area contributed by atoms with Crippen molar-refractivity contribution in [3.63, 3.8) is 0 Å². The summed E-state index contributed by atoms with van der Waals surface area (Å²) in [6.45, 7) is 0. The lowest BCUT2D eigenvalue weighted by molar-refractivity contribution is -0.117. The zero-order valence-electron chi connectivity index (χ0n) is 17.1. The Labute approximate surface area is 180 Å². The second-order valence-corrected chi connectivity index (χ2v) is 7.26. The highest BCUT2D eigenvalue weighted by atomic mass is 16.5. The summed E-state index contributed by atoms with van der Waals surface area (Å²) in [6.07, 6.45) is 0.605. The lowest BCUT2D eigenvalue weighted by atomic mass is 10.0. The Hall–Kier alpha value is -3.68. The summed E-state index contributed by atoms with van der Waals surface area (Å²) in [5, 5.41) is 5.73. The first-order valence-corrected chi connectivity index (χ1v) is 10.1. The minimum absolute atomic E-state index is 0.0450. The molecule has 4 N–H and O–H groups in total.